The van der Waals surface area contributed by atoms with Gasteiger partial charge in [-0.3, -0.25) is 4.79 Å². The molecule has 19 heavy (non-hydrogen) atoms. The van der Waals surface area contributed by atoms with Crippen LogP contribution in [0.2, 0.25) is 0 Å². The van der Waals surface area contributed by atoms with Gasteiger partial charge in [-0.05, 0) is 37.3 Å². The number of nitrogens with one attached hydrogen (secondary N) is 1. The number of hydrogen-bond acceptors (Lipinski definition) is 2. The fourth-order valence-corrected chi connectivity index (χ4v) is 2.56. The van der Waals surface area contributed by atoms with Gasteiger partial charge in [0.15, 0.2) is 0 Å². The predicted octanol–water partition coefficient (Wildman–Crippen LogP) is 3.01. The van der Waals surface area contributed by atoms with Crippen molar-refractivity contribution >= 4 is 12.0 Å². The fraction of sp³-hybridized carbons (Fsp3) is 0.438. The molecule has 1 fully saturated rings. The Balaban J connectivity index is 1.92. The number of carbonyl (C=O) groups excluding carboxylic acids is 1. The Labute approximate surface area is 114 Å². The average molecular weight is 259 g/mol. The van der Waals surface area contributed by atoms with Crippen molar-refractivity contribution in [3.05, 3.63) is 35.9 Å². The maximum atomic E-state index is 11.8. The van der Waals surface area contributed by atoms with E-state index in [-0.39, 0.29) is 5.91 Å². The summed E-state index contributed by atoms with van der Waals surface area (Å²) in [6.07, 6.45) is 6.78. The smallest absolute Gasteiger partial charge is 0.244 e. The van der Waals surface area contributed by atoms with E-state index in [1.165, 1.54) is 6.42 Å². The third-order valence-electron chi connectivity index (χ3n) is 3.59. The molecular weight excluding hydrogens is 238 g/mol. The average Bonchev–Trinajstić information content (AvgIpc) is 2.82. The molecule has 1 amide bonds. The number of methoxy groups -OCH3 is 1. The molecule has 0 radical (unpaired) electrons. The predicted molar refractivity (Wildman–Crippen MR) is 77.0 cm³/mol. The van der Waals surface area contributed by atoms with Crippen molar-refractivity contribution in [3.8, 4) is 5.75 Å². The molecule has 3 heteroatoms. The molecular formula is C16H21NO2. The van der Waals surface area contributed by atoms with Gasteiger partial charge < -0.3 is 10.1 Å². The van der Waals surface area contributed by atoms with E-state index in [1.54, 1.807) is 19.3 Å². The Kier molecular flexibility index (Phi) is 4.61. The van der Waals surface area contributed by atoms with Crippen molar-refractivity contribution in [2.75, 3.05) is 7.11 Å². The molecule has 0 spiro atoms. The van der Waals surface area contributed by atoms with Gasteiger partial charge in [0.1, 0.15) is 5.75 Å². The van der Waals surface area contributed by atoms with Crippen molar-refractivity contribution in [2.45, 2.75) is 32.2 Å². The Morgan fingerprint density at radius 3 is 2.84 bits per heavy atom. The van der Waals surface area contributed by atoms with Crippen LogP contribution in [-0.2, 0) is 4.79 Å². The van der Waals surface area contributed by atoms with Crippen LogP contribution in [-0.4, -0.2) is 19.1 Å². The highest BCUT2D eigenvalue weighted by Gasteiger charge is 2.21. The normalized spacial score (nSPS) is 22.6. The summed E-state index contributed by atoms with van der Waals surface area (Å²) in [7, 11) is 1.63. The summed E-state index contributed by atoms with van der Waals surface area (Å²) in [4.78, 5) is 11.8. The molecule has 3 nitrogen and oxygen atoms in total. The van der Waals surface area contributed by atoms with Gasteiger partial charge in [-0.1, -0.05) is 25.1 Å². The summed E-state index contributed by atoms with van der Waals surface area (Å²) in [5, 5.41) is 3.05. The van der Waals surface area contributed by atoms with Gasteiger partial charge in [-0.25, -0.2) is 0 Å². The molecule has 2 unspecified atom stereocenters. The standard InChI is InChI=1S/C16H21NO2/c1-12-7-9-14(11-12)17-16(18)10-8-13-5-3-4-6-15(13)19-2/h3-6,8,10,12,14H,7,9,11H2,1-2H3,(H,17,18)/b10-8+. The summed E-state index contributed by atoms with van der Waals surface area (Å²) in [6, 6.07) is 8.00. The van der Waals surface area contributed by atoms with Crippen molar-refractivity contribution in [1.29, 1.82) is 0 Å². The molecule has 0 aliphatic heterocycles. The van der Waals surface area contributed by atoms with Gasteiger partial charge in [0.25, 0.3) is 0 Å². The molecule has 1 aromatic rings. The molecule has 2 rings (SSSR count). The minimum atomic E-state index is -0.0231. The van der Waals surface area contributed by atoms with Crippen LogP contribution < -0.4 is 10.1 Å². The van der Waals surface area contributed by atoms with E-state index >= 15 is 0 Å². The lowest BCUT2D eigenvalue weighted by Crippen LogP contribution is -2.31. The summed E-state index contributed by atoms with van der Waals surface area (Å²) in [5.41, 5.74) is 0.917. The fourth-order valence-electron chi connectivity index (χ4n) is 2.56. The van der Waals surface area contributed by atoms with Crippen LogP contribution >= 0.6 is 0 Å². The molecule has 102 valence electrons. The van der Waals surface area contributed by atoms with Crippen molar-refractivity contribution < 1.29 is 9.53 Å². The largest absolute Gasteiger partial charge is 0.496 e. The van der Waals surface area contributed by atoms with Gasteiger partial charge in [0.2, 0.25) is 5.91 Å². The van der Waals surface area contributed by atoms with Crippen LogP contribution in [0.15, 0.2) is 30.3 Å². The van der Waals surface area contributed by atoms with Crippen molar-refractivity contribution in [3.63, 3.8) is 0 Å². The number of ether oxygens (including phenoxy) is 1. The topological polar surface area (TPSA) is 38.3 Å². The molecule has 1 N–H and O–H groups in total. The van der Waals surface area contributed by atoms with Crippen LogP contribution in [0.5, 0.6) is 5.75 Å². The zero-order chi connectivity index (χ0) is 13.7. The Morgan fingerprint density at radius 2 is 2.16 bits per heavy atom. The van der Waals surface area contributed by atoms with E-state index in [1.807, 2.05) is 24.3 Å². The number of amides is 1. The van der Waals surface area contributed by atoms with Gasteiger partial charge in [-0.2, -0.15) is 0 Å². The molecule has 1 aliphatic rings. The summed E-state index contributed by atoms with van der Waals surface area (Å²) < 4.78 is 5.24. The Morgan fingerprint density at radius 1 is 1.37 bits per heavy atom. The monoisotopic (exact) mass is 259 g/mol. The zero-order valence-electron chi connectivity index (χ0n) is 11.6. The first-order valence-corrected chi connectivity index (χ1v) is 6.80. The Hall–Kier alpha value is -1.77. The molecule has 1 aromatic carbocycles. The maximum absolute atomic E-state index is 11.8. The van der Waals surface area contributed by atoms with Gasteiger partial charge in [-0.15, -0.1) is 0 Å². The summed E-state index contributed by atoms with van der Waals surface area (Å²) in [6.45, 7) is 2.23. The summed E-state index contributed by atoms with van der Waals surface area (Å²) in [5.74, 6) is 1.48. The number of hydrogen-bond donors (Lipinski definition) is 1. The number of para-hydroxylation sites is 1. The molecule has 0 aromatic heterocycles. The third kappa shape index (κ3) is 3.85. The molecule has 0 bridgehead atoms. The highest BCUT2D eigenvalue weighted by molar-refractivity contribution is 5.92. The third-order valence-corrected chi connectivity index (χ3v) is 3.59. The second kappa shape index (κ2) is 6.41. The van der Waals surface area contributed by atoms with Crippen LogP contribution in [0.25, 0.3) is 6.08 Å². The van der Waals surface area contributed by atoms with Gasteiger partial charge in [0, 0.05) is 17.7 Å². The number of benzene rings is 1. The first-order valence-electron chi connectivity index (χ1n) is 6.80. The van der Waals surface area contributed by atoms with E-state index in [9.17, 15) is 4.79 Å². The van der Waals surface area contributed by atoms with E-state index in [4.69, 9.17) is 4.74 Å². The van der Waals surface area contributed by atoms with Gasteiger partial charge >= 0.3 is 0 Å². The van der Waals surface area contributed by atoms with Gasteiger partial charge in [0.05, 0.1) is 7.11 Å². The molecule has 1 saturated carbocycles. The van der Waals surface area contributed by atoms with Crippen molar-refractivity contribution in [1.82, 2.24) is 5.32 Å². The van der Waals surface area contributed by atoms with E-state index < -0.39 is 0 Å². The second-order valence-corrected chi connectivity index (χ2v) is 5.20. The lowest BCUT2D eigenvalue weighted by molar-refractivity contribution is -0.117. The van der Waals surface area contributed by atoms with Crippen LogP contribution in [0.4, 0.5) is 0 Å². The molecule has 0 saturated heterocycles. The number of rotatable bonds is 4. The Bertz CT molecular complexity index is 468. The van der Waals surface area contributed by atoms with E-state index in [2.05, 4.69) is 12.2 Å². The minimum Gasteiger partial charge on any atom is -0.496 e. The lowest BCUT2D eigenvalue weighted by Gasteiger charge is -2.10. The highest BCUT2D eigenvalue weighted by Crippen LogP contribution is 2.24. The molecule has 1 aliphatic carbocycles. The quantitative estimate of drug-likeness (QED) is 0.844. The summed E-state index contributed by atoms with van der Waals surface area (Å²) >= 11 is 0. The second-order valence-electron chi connectivity index (χ2n) is 5.20. The molecule has 2 atom stereocenters. The van der Waals surface area contributed by atoms with Crippen molar-refractivity contribution in [2.24, 2.45) is 5.92 Å². The first kappa shape index (κ1) is 13.7. The highest BCUT2D eigenvalue weighted by atomic mass is 16.5. The minimum absolute atomic E-state index is 0.0231. The maximum Gasteiger partial charge on any atom is 0.244 e. The lowest BCUT2D eigenvalue weighted by atomic mass is 10.1. The van der Waals surface area contributed by atoms with Crippen LogP contribution in [0.3, 0.4) is 0 Å². The number of carbonyl (C=O) groups is 1. The molecule has 0 heterocycles. The van der Waals surface area contributed by atoms with Crippen LogP contribution in [0, 0.1) is 5.92 Å². The SMILES string of the molecule is COc1ccccc1/C=C/C(=O)NC1CCC(C)C1. The first-order chi connectivity index (χ1) is 9.19. The van der Waals surface area contributed by atoms with Crippen LogP contribution in [0.1, 0.15) is 31.7 Å². The zero-order valence-corrected chi connectivity index (χ0v) is 11.6. The van der Waals surface area contributed by atoms with E-state index in [0.717, 1.165) is 30.1 Å². The van der Waals surface area contributed by atoms with E-state index in [0.29, 0.717) is 6.04 Å².